The molecule has 0 aliphatic carbocycles. The van der Waals surface area contributed by atoms with Gasteiger partial charge in [-0.2, -0.15) is 0 Å². The van der Waals surface area contributed by atoms with Crippen LogP contribution < -0.4 is 9.47 Å². The fraction of sp³-hybridized carbons (Fsp3) is 0.167. The minimum absolute atomic E-state index is 0.141. The van der Waals surface area contributed by atoms with Crippen LogP contribution in [0.15, 0.2) is 70.2 Å². The molecule has 3 aromatic rings. The lowest BCUT2D eigenvalue weighted by Gasteiger charge is -2.13. The number of furan rings is 1. The van der Waals surface area contributed by atoms with Gasteiger partial charge in [0.1, 0.15) is 16.7 Å². The Kier molecular flexibility index (Phi) is 7.19. The average molecular weight is 486 g/mol. The van der Waals surface area contributed by atoms with Gasteiger partial charge in [-0.1, -0.05) is 53.8 Å². The molecule has 8 heteroatoms. The first-order chi connectivity index (χ1) is 15.5. The molecule has 5 nitrogen and oxygen atoms in total. The van der Waals surface area contributed by atoms with E-state index in [1.165, 1.54) is 16.7 Å². The van der Waals surface area contributed by atoms with Crippen LogP contribution in [0.5, 0.6) is 11.5 Å². The summed E-state index contributed by atoms with van der Waals surface area (Å²) in [6.45, 7) is 3.11. The van der Waals surface area contributed by atoms with Gasteiger partial charge in [0.2, 0.25) is 0 Å². The fourth-order valence-corrected chi connectivity index (χ4v) is 4.47. The van der Waals surface area contributed by atoms with Crippen molar-refractivity contribution in [1.82, 2.24) is 4.90 Å². The number of ether oxygens (including phenoxy) is 2. The Morgan fingerprint density at radius 3 is 2.66 bits per heavy atom. The van der Waals surface area contributed by atoms with Crippen molar-refractivity contribution in [1.29, 1.82) is 0 Å². The van der Waals surface area contributed by atoms with Gasteiger partial charge in [-0.05, 0) is 60.5 Å². The van der Waals surface area contributed by atoms with Crippen molar-refractivity contribution in [3.8, 4) is 11.5 Å². The van der Waals surface area contributed by atoms with Gasteiger partial charge in [0.25, 0.3) is 5.91 Å². The second kappa shape index (κ2) is 10.3. The normalized spacial score (nSPS) is 14.9. The molecule has 0 bridgehead atoms. The van der Waals surface area contributed by atoms with Crippen LogP contribution in [-0.4, -0.2) is 21.7 Å². The molecule has 4 rings (SSSR count). The van der Waals surface area contributed by atoms with Crippen molar-refractivity contribution in [3.63, 3.8) is 0 Å². The van der Waals surface area contributed by atoms with Gasteiger partial charge in [-0.15, -0.1) is 0 Å². The average Bonchev–Trinajstić information content (AvgIpc) is 3.39. The minimum atomic E-state index is -0.141. The maximum Gasteiger partial charge on any atom is 0.266 e. The van der Waals surface area contributed by atoms with Crippen LogP contribution in [-0.2, 0) is 17.9 Å². The molecular weight excluding hydrogens is 466 g/mol. The Balaban J connectivity index is 1.50. The lowest BCUT2D eigenvalue weighted by atomic mass is 10.1. The molecule has 2 heterocycles. The van der Waals surface area contributed by atoms with Crippen LogP contribution >= 0.6 is 35.6 Å². The third-order valence-electron chi connectivity index (χ3n) is 4.64. The first-order valence-electron chi connectivity index (χ1n) is 9.95. The molecule has 0 saturated carbocycles. The molecule has 0 spiro atoms. The quantitative estimate of drug-likeness (QED) is 0.275. The number of carbonyl (C=O) groups is 1. The van der Waals surface area contributed by atoms with Crippen LogP contribution in [0.2, 0.25) is 5.02 Å². The highest BCUT2D eigenvalue weighted by Gasteiger charge is 2.32. The van der Waals surface area contributed by atoms with E-state index in [2.05, 4.69) is 0 Å². The van der Waals surface area contributed by atoms with E-state index in [4.69, 9.17) is 37.7 Å². The maximum absolute atomic E-state index is 12.8. The number of rotatable bonds is 8. The second-order valence-electron chi connectivity index (χ2n) is 6.90. The molecule has 1 aliphatic rings. The highest BCUT2D eigenvalue weighted by molar-refractivity contribution is 8.26. The second-order valence-corrected chi connectivity index (χ2v) is 9.01. The summed E-state index contributed by atoms with van der Waals surface area (Å²) in [4.78, 5) is 14.9. The molecule has 1 aromatic heterocycles. The van der Waals surface area contributed by atoms with E-state index in [0.29, 0.717) is 51.3 Å². The van der Waals surface area contributed by atoms with Crippen molar-refractivity contribution in [3.05, 3.63) is 87.7 Å². The van der Waals surface area contributed by atoms with Crippen LogP contribution in [0.1, 0.15) is 23.8 Å². The predicted octanol–water partition coefficient (Wildman–Crippen LogP) is 6.31. The number of nitrogens with zero attached hydrogens (tertiary/aromatic N) is 1. The molecule has 1 aliphatic heterocycles. The largest absolute Gasteiger partial charge is 0.490 e. The molecule has 1 amide bonds. The summed E-state index contributed by atoms with van der Waals surface area (Å²) >= 11 is 12.6. The molecule has 1 saturated heterocycles. The zero-order valence-electron chi connectivity index (χ0n) is 17.2. The van der Waals surface area contributed by atoms with Crippen LogP contribution in [0.3, 0.4) is 0 Å². The minimum Gasteiger partial charge on any atom is -0.490 e. The van der Waals surface area contributed by atoms with E-state index in [9.17, 15) is 4.79 Å². The highest BCUT2D eigenvalue weighted by atomic mass is 35.5. The SMILES string of the molecule is CCOc1cc(/C=C2\SC(=S)N(Cc3ccco3)C2=O)ccc1OCc1ccc(Cl)cc1. The molecule has 0 unspecified atom stereocenters. The summed E-state index contributed by atoms with van der Waals surface area (Å²) in [6, 6.07) is 16.7. The molecule has 0 radical (unpaired) electrons. The number of benzene rings is 2. The van der Waals surface area contributed by atoms with Crippen molar-refractivity contribution in [2.45, 2.75) is 20.1 Å². The molecule has 164 valence electrons. The first kappa shape index (κ1) is 22.5. The summed E-state index contributed by atoms with van der Waals surface area (Å²) < 4.78 is 17.6. The third kappa shape index (κ3) is 5.35. The smallest absolute Gasteiger partial charge is 0.266 e. The monoisotopic (exact) mass is 485 g/mol. The summed E-state index contributed by atoms with van der Waals surface area (Å²) in [5.41, 5.74) is 1.83. The van der Waals surface area contributed by atoms with E-state index in [1.54, 1.807) is 12.3 Å². The Hall–Kier alpha value is -2.74. The Bertz CT molecular complexity index is 1140. The zero-order valence-corrected chi connectivity index (χ0v) is 19.6. The molecular formula is C24H20ClNO4S2. The predicted molar refractivity (Wildman–Crippen MR) is 131 cm³/mol. The molecule has 32 heavy (non-hydrogen) atoms. The van der Waals surface area contributed by atoms with Crippen molar-refractivity contribution < 1.29 is 18.7 Å². The van der Waals surface area contributed by atoms with Gasteiger partial charge in [0, 0.05) is 5.02 Å². The standard InChI is InChI=1S/C24H20ClNO4S2/c1-2-28-21-12-17(7-10-20(21)30-15-16-5-8-18(25)9-6-16)13-22-23(27)26(24(31)32-22)14-19-4-3-11-29-19/h3-13H,2,14-15H2,1H3/b22-13-. The summed E-state index contributed by atoms with van der Waals surface area (Å²) in [7, 11) is 0. The number of thioether (sulfide) groups is 1. The number of halogens is 1. The Labute approximate surface area is 200 Å². The summed E-state index contributed by atoms with van der Waals surface area (Å²) in [6.07, 6.45) is 3.39. The van der Waals surface area contributed by atoms with E-state index in [1.807, 2.05) is 61.5 Å². The number of hydrogen-bond donors (Lipinski definition) is 0. The first-order valence-corrected chi connectivity index (χ1v) is 11.6. The van der Waals surface area contributed by atoms with E-state index in [0.717, 1.165) is 11.1 Å². The number of amides is 1. The Morgan fingerprint density at radius 2 is 1.94 bits per heavy atom. The van der Waals surface area contributed by atoms with Gasteiger partial charge in [0.05, 0.1) is 24.3 Å². The molecule has 0 atom stereocenters. The number of carbonyl (C=O) groups excluding carboxylic acids is 1. The van der Waals surface area contributed by atoms with Gasteiger partial charge < -0.3 is 13.9 Å². The molecule has 1 fully saturated rings. The Morgan fingerprint density at radius 1 is 1.12 bits per heavy atom. The fourth-order valence-electron chi connectivity index (χ4n) is 3.09. The van der Waals surface area contributed by atoms with Gasteiger partial charge in [0.15, 0.2) is 11.5 Å². The number of thiocarbonyl (C=S) groups is 1. The zero-order chi connectivity index (χ0) is 22.5. The topological polar surface area (TPSA) is 51.9 Å². The molecule has 2 aromatic carbocycles. The van der Waals surface area contributed by atoms with Crippen LogP contribution in [0, 0.1) is 0 Å². The summed E-state index contributed by atoms with van der Waals surface area (Å²) in [5.74, 6) is 1.78. The lowest BCUT2D eigenvalue weighted by Crippen LogP contribution is -2.27. The summed E-state index contributed by atoms with van der Waals surface area (Å²) in [5, 5.41) is 0.683. The van der Waals surface area contributed by atoms with E-state index >= 15 is 0 Å². The molecule has 0 N–H and O–H groups in total. The van der Waals surface area contributed by atoms with E-state index < -0.39 is 0 Å². The van der Waals surface area contributed by atoms with Crippen molar-refractivity contribution in [2.75, 3.05) is 6.61 Å². The maximum atomic E-state index is 12.8. The van der Waals surface area contributed by atoms with Gasteiger partial charge in [-0.3, -0.25) is 9.69 Å². The lowest BCUT2D eigenvalue weighted by molar-refractivity contribution is -0.122. The highest BCUT2D eigenvalue weighted by Crippen LogP contribution is 2.36. The van der Waals surface area contributed by atoms with Gasteiger partial charge in [-0.25, -0.2) is 0 Å². The van der Waals surface area contributed by atoms with Crippen molar-refractivity contribution in [2.24, 2.45) is 0 Å². The van der Waals surface area contributed by atoms with Gasteiger partial charge >= 0.3 is 0 Å². The van der Waals surface area contributed by atoms with E-state index in [-0.39, 0.29) is 5.91 Å². The van der Waals surface area contributed by atoms with Crippen molar-refractivity contribution >= 4 is 51.9 Å². The third-order valence-corrected chi connectivity index (χ3v) is 6.27. The van der Waals surface area contributed by atoms with Crippen LogP contribution in [0.25, 0.3) is 6.08 Å². The van der Waals surface area contributed by atoms with Crippen LogP contribution in [0.4, 0.5) is 0 Å². The number of hydrogen-bond acceptors (Lipinski definition) is 6.